The van der Waals surface area contributed by atoms with E-state index in [-0.39, 0.29) is 0 Å². The fraction of sp³-hybridized carbons (Fsp3) is 0.455. The van der Waals surface area contributed by atoms with Crippen LogP contribution in [0.5, 0.6) is 5.75 Å². The van der Waals surface area contributed by atoms with Gasteiger partial charge in [-0.3, -0.25) is 0 Å². The van der Waals surface area contributed by atoms with E-state index in [2.05, 4.69) is 19.9 Å². The summed E-state index contributed by atoms with van der Waals surface area (Å²) in [4.78, 5) is 0. The van der Waals surface area contributed by atoms with Crippen LogP contribution in [0.3, 0.4) is 0 Å². The summed E-state index contributed by atoms with van der Waals surface area (Å²) >= 11 is 0. The van der Waals surface area contributed by atoms with Crippen LogP contribution in [0.15, 0.2) is 18.2 Å². The Labute approximate surface area is 73.0 Å². The molecule has 2 atom stereocenters. The molecule has 2 unspecified atom stereocenters. The minimum absolute atomic E-state index is 0.476. The topological polar surface area (TPSA) is 20.2 Å². The van der Waals surface area contributed by atoms with E-state index >= 15 is 0 Å². The van der Waals surface area contributed by atoms with Crippen molar-refractivity contribution in [2.24, 2.45) is 5.92 Å². The van der Waals surface area contributed by atoms with Gasteiger partial charge in [-0.2, -0.15) is 0 Å². The van der Waals surface area contributed by atoms with E-state index in [0.717, 1.165) is 6.42 Å². The highest BCUT2D eigenvalue weighted by Gasteiger charge is 2.27. The Morgan fingerprint density at radius 3 is 2.75 bits per heavy atom. The molecule has 12 heavy (non-hydrogen) atoms. The zero-order valence-electron chi connectivity index (χ0n) is 7.54. The van der Waals surface area contributed by atoms with Gasteiger partial charge in [0.1, 0.15) is 5.75 Å². The average Bonchev–Trinajstić information content (AvgIpc) is 2.29. The Bertz CT molecular complexity index is 304. The minimum atomic E-state index is 0.476. The zero-order chi connectivity index (χ0) is 8.72. The van der Waals surface area contributed by atoms with Crippen molar-refractivity contribution in [2.45, 2.75) is 26.2 Å². The van der Waals surface area contributed by atoms with Crippen LogP contribution in [-0.2, 0) is 6.42 Å². The third-order valence-electron chi connectivity index (χ3n) is 3.02. The lowest BCUT2D eigenvalue weighted by molar-refractivity contribution is 0.454. The quantitative estimate of drug-likeness (QED) is 0.621. The first-order valence-corrected chi connectivity index (χ1v) is 4.51. The molecule has 1 aliphatic carbocycles. The highest BCUT2D eigenvalue weighted by Crippen LogP contribution is 2.41. The molecule has 1 nitrogen and oxygen atoms in total. The van der Waals surface area contributed by atoms with Crippen LogP contribution in [0.2, 0.25) is 0 Å². The van der Waals surface area contributed by atoms with E-state index in [1.807, 2.05) is 6.07 Å². The standard InChI is InChI=1S/C11H14O/c1-7-6-9-4-3-5-10(12)11(9)8(7)2/h3-5,7-8,12H,6H2,1-2H3. The first kappa shape index (κ1) is 7.66. The van der Waals surface area contributed by atoms with E-state index in [9.17, 15) is 5.11 Å². The van der Waals surface area contributed by atoms with Crippen molar-refractivity contribution in [1.82, 2.24) is 0 Å². The third kappa shape index (κ3) is 0.927. The van der Waals surface area contributed by atoms with Gasteiger partial charge in [0.2, 0.25) is 0 Å². The maximum Gasteiger partial charge on any atom is 0.119 e. The number of benzene rings is 1. The Balaban J connectivity index is 2.55. The van der Waals surface area contributed by atoms with Crippen molar-refractivity contribution >= 4 is 0 Å². The van der Waals surface area contributed by atoms with Crippen molar-refractivity contribution in [2.75, 3.05) is 0 Å². The van der Waals surface area contributed by atoms with Crippen molar-refractivity contribution in [3.63, 3.8) is 0 Å². The van der Waals surface area contributed by atoms with E-state index < -0.39 is 0 Å². The summed E-state index contributed by atoms with van der Waals surface area (Å²) in [6.07, 6.45) is 1.12. The molecule has 0 aromatic heterocycles. The molecule has 1 aliphatic rings. The van der Waals surface area contributed by atoms with Gasteiger partial charge < -0.3 is 5.11 Å². The summed E-state index contributed by atoms with van der Waals surface area (Å²) in [6.45, 7) is 4.43. The maximum atomic E-state index is 9.62. The molecule has 0 bridgehead atoms. The molecule has 0 aliphatic heterocycles. The molecule has 0 heterocycles. The van der Waals surface area contributed by atoms with Crippen LogP contribution in [0.4, 0.5) is 0 Å². The monoisotopic (exact) mass is 162 g/mol. The van der Waals surface area contributed by atoms with Crippen LogP contribution in [0.25, 0.3) is 0 Å². The molecule has 1 aromatic carbocycles. The van der Waals surface area contributed by atoms with Gasteiger partial charge in [0.25, 0.3) is 0 Å². The molecule has 0 saturated carbocycles. The lowest BCUT2D eigenvalue weighted by Crippen LogP contribution is -1.97. The number of fused-ring (bicyclic) bond motifs is 1. The van der Waals surface area contributed by atoms with Gasteiger partial charge in [-0.05, 0) is 29.9 Å². The summed E-state index contributed by atoms with van der Waals surface area (Å²) in [7, 11) is 0. The van der Waals surface area contributed by atoms with Gasteiger partial charge in [0.05, 0.1) is 0 Å². The Morgan fingerprint density at radius 1 is 1.33 bits per heavy atom. The van der Waals surface area contributed by atoms with Gasteiger partial charge in [0, 0.05) is 5.56 Å². The van der Waals surface area contributed by atoms with Gasteiger partial charge in [0.15, 0.2) is 0 Å². The number of phenolic OH excluding ortho intramolecular Hbond substituents is 1. The number of hydrogen-bond donors (Lipinski definition) is 1. The van der Waals surface area contributed by atoms with E-state index in [1.54, 1.807) is 6.07 Å². The molecule has 1 N–H and O–H groups in total. The van der Waals surface area contributed by atoms with Crippen molar-refractivity contribution in [1.29, 1.82) is 0 Å². The van der Waals surface area contributed by atoms with Gasteiger partial charge in [-0.15, -0.1) is 0 Å². The Morgan fingerprint density at radius 2 is 2.08 bits per heavy atom. The molecule has 64 valence electrons. The van der Waals surface area contributed by atoms with Crippen molar-refractivity contribution in [3.05, 3.63) is 29.3 Å². The lowest BCUT2D eigenvalue weighted by Gasteiger charge is -2.10. The second-order valence-corrected chi connectivity index (χ2v) is 3.82. The predicted molar refractivity (Wildman–Crippen MR) is 49.4 cm³/mol. The minimum Gasteiger partial charge on any atom is -0.508 e. The van der Waals surface area contributed by atoms with Crippen molar-refractivity contribution in [3.8, 4) is 5.75 Å². The summed E-state index contributed by atoms with van der Waals surface area (Å²) in [5, 5.41) is 9.62. The lowest BCUT2D eigenvalue weighted by atomic mass is 9.96. The first-order valence-electron chi connectivity index (χ1n) is 4.51. The first-order chi connectivity index (χ1) is 5.70. The fourth-order valence-electron chi connectivity index (χ4n) is 2.11. The van der Waals surface area contributed by atoms with Crippen LogP contribution in [0.1, 0.15) is 30.9 Å². The molecule has 0 fully saturated rings. The molecule has 0 saturated heterocycles. The molecule has 2 rings (SSSR count). The van der Waals surface area contributed by atoms with Gasteiger partial charge in [-0.25, -0.2) is 0 Å². The normalized spacial score (nSPS) is 27.2. The van der Waals surface area contributed by atoms with Crippen molar-refractivity contribution < 1.29 is 5.11 Å². The molecular weight excluding hydrogens is 148 g/mol. The summed E-state index contributed by atoms with van der Waals surface area (Å²) < 4.78 is 0. The third-order valence-corrected chi connectivity index (χ3v) is 3.02. The number of rotatable bonds is 0. The maximum absolute atomic E-state index is 9.62. The van der Waals surface area contributed by atoms with Gasteiger partial charge in [-0.1, -0.05) is 26.0 Å². The fourth-order valence-corrected chi connectivity index (χ4v) is 2.11. The SMILES string of the molecule is CC1Cc2cccc(O)c2C1C. The Kier molecular flexibility index (Phi) is 1.60. The highest BCUT2D eigenvalue weighted by molar-refractivity contribution is 5.45. The predicted octanol–water partition coefficient (Wildman–Crippen LogP) is 2.69. The largest absolute Gasteiger partial charge is 0.508 e. The van der Waals surface area contributed by atoms with Crippen LogP contribution in [0, 0.1) is 5.92 Å². The van der Waals surface area contributed by atoms with E-state index in [4.69, 9.17) is 0 Å². The van der Waals surface area contributed by atoms with Crippen LogP contribution in [-0.4, -0.2) is 5.11 Å². The number of hydrogen-bond acceptors (Lipinski definition) is 1. The molecule has 1 heteroatoms. The Hall–Kier alpha value is -0.980. The highest BCUT2D eigenvalue weighted by atomic mass is 16.3. The number of phenols is 1. The average molecular weight is 162 g/mol. The molecule has 0 radical (unpaired) electrons. The van der Waals surface area contributed by atoms with E-state index in [1.165, 1.54) is 11.1 Å². The second kappa shape index (κ2) is 2.51. The summed E-state index contributed by atoms with van der Waals surface area (Å²) in [5.41, 5.74) is 2.50. The number of aromatic hydroxyl groups is 1. The molecule has 0 spiro atoms. The van der Waals surface area contributed by atoms with Crippen LogP contribution < -0.4 is 0 Å². The van der Waals surface area contributed by atoms with Crippen LogP contribution >= 0.6 is 0 Å². The zero-order valence-corrected chi connectivity index (χ0v) is 7.54. The summed E-state index contributed by atoms with van der Waals surface area (Å²) in [6, 6.07) is 5.83. The van der Waals surface area contributed by atoms with Gasteiger partial charge >= 0.3 is 0 Å². The van der Waals surface area contributed by atoms with E-state index in [0.29, 0.717) is 17.6 Å². The second-order valence-electron chi connectivity index (χ2n) is 3.82. The molecule has 1 aromatic rings. The molecule has 0 amide bonds. The smallest absolute Gasteiger partial charge is 0.119 e. The molecular formula is C11H14O. The summed E-state index contributed by atoms with van der Waals surface area (Å²) in [5.74, 6) is 1.67.